The van der Waals surface area contributed by atoms with Crippen LogP contribution < -0.4 is 19.6 Å². The first-order valence-corrected chi connectivity index (χ1v) is 11.3. The van der Waals surface area contributed by atoms with Crippen molar-refractivity contribution in [2.45, 2.75) is 13.0 Å². The van der Waals surface area contributed by atoms with Gasteiger partial charge in [-0.1, -0.05) is 84.1 Å². The number of fused-ring (bicyclic) bond motifs is 1. The van der Waals surface area contributed by atoms with Crippen molar-refractivity contribution in [2.75, 3.05) is 6.61 Å². The third-order valence-corrected chi connectivity index (χ3v) is 6.24. The zero-order chi connectivity index (χ0) is 21.9. The Kier molecular flexibility index (Phi) is 5.52. The molecule has 1 aromatic heterocycles. The van der Waals surface area contributed by atoms with Gasteiger partial charge in [-0.25, -0.2) is 0 Å². The molecule has 0 bridgehead atoms. The predicted octanol–water partition coefficient (Wildman–Crippen LogP) is 3.76. The molecular formula is C26H21N3O2S. The maximum atomic E-state index is 13.6. The largest absolute Gasteiger partial charge is 0.494 e. The van der Waals surface area contributed by atoms with Crippen LogP contribution in [-0.2, 0) is 0 Å². The van der Waals surface area contributed by atoms with Crippen LogP contribution in [0.4, 0.5) is 0 Å². The van der Waals surface area contributed by atoms with Crippen molar-refractivity contribution in [3.05, 3.63) is 121 Å². The molecule has 0 aliphatic carbocycles. The minimum atomic E-state index is -0.336. The average molecular weight is 440 g/mol. The van der Waals surface area contributed by atoms with E-state index in [1.165, 1.54) is 11.3 Å². The second-order valence-corrected chi connectivity index (χ2v) is 8.34. The van der Waals surface area contributed by atoms with Crippen molar-refractivity contribution in [1.29, 1.82) is 0 Å². The van der Waals surface area contributed by atoms with Crippen LogP contribution in [0.1, 0.15) is 29.7 Å². The lowest BCUT2D eigenvalue weighted by molar-refractivity contribution is 0.340. The summed E-state index contributed by atoms with van der Waals surface area (Å²) in [5.41, 5.74) is 3.58. The van der Waals surface area contributed by atoms with Gasteiger partial charge in [0, 0.05) is 5.56 Å². The first-order valence-electron chi connectivity index (χ1n) is 10.5. The zero-order valence-electron chi connectivity index (χ0n) is 17.5. The van der Waals surface area contributed by atoms with Gasteiger partial charge in [0.25, 0.3) is 5.56 Å². The molecule has 32 heavy (non-hydrogen) atoms. The lowest BCUT2D eigenvalue weighted by Gasteiger charge is -2.22. The molecule has 0 saturated carbocycles. The smallest absolute Gasteiger partial charge is 0.271 e. The van der Waals surface area contributed by atoms with Crippen LogP contribution in [0.5, 0.6) is 5.75 Å². The van der Waals surface area contributed by atoms with Gasteiger partial charge in [-0.05, 0) is 36.3 Å². The van der Waals surface area contributed by atoms with Crippen LogP contribution in [-0.4, -0.2) is 16.9 Å². The van der Waals surface area contributed by atoms with Gasteiger partial charge in [-0.3, -0.25) is 9.36 Å². The highest BCUT2D eigenvalue weighted by Gasteiger charge is 2.28. The van der Waals surface area contributed by atoms with Gasteiger partial charge in [0.05, 0.1) is 16.9 Å². The molecule has 0 unspecified atom stereocenters. The molecule has 0 radical (unpaired) electrons. The number of hydrogen-bond donors (Lipinski definition) is 0. The van der Waals surface area contributed by atoms with Crippen molar-refractivity contribution >= 4 is 23.1 Å². The van der Waals surface area contributed by atoms with Gasteiger partial charge in [0.2, 0.25) is 4.80 Å². The zero-order valence-corrected chi connectivity index (χ0v) is 18.3. The lowest BCUT2D eigenvalue weighted by atomic mass is 9.96. The molecule has 158 valence electrons. The van der Waals surface area contributed by atoms with Gasteiger partial charge in [0.15, 0.2) is 0 Å². The predicted molar refractivity (Wildman–Crippen MR) is 128 cm³/mol. The quantitative estimate of drug-likeness (QED) is 0.475. The van der Waals surface area contributed by atoms with E-state index in [2.05, 4.69) is 10.2 Å². The summed E-state index contributed by atoms with van der Waals surface area (Å²) in [5, 5.41) is 8.97. The Morgan fingerprint density at radius 3 is 2.31 bits per heavy atom. The fourth-order valence-electron chi connectivity index (χ4n) is 3.80. The number of benzene rings is 3. The standard InChI is InChI=1S/C26H21N3O2S/c1-2-31-21-15-13-18(14-16-21)17-22-25(30)29-24(20-11-7-4-8-12-20)23(27-28-26(29)32-22)19-9-5-3-6-10-19/h3-17,24H,2H2,1H3/b22-17+/t24-/m0/s1. The minimum Gasteiger partial charge on any atom is -0.494 e. The molecular weight excluding hydrogens is 418 g/mol. The fourth-order valence-corrected chi connectivity index (χ4v) is 4.75. The van der Waals surface area contributed by atoms with Crippen molar-refractivity contribution in [2.24, 2.45) is 10.2 Å². The van der Waals surface area contributed by atoms with E-state index in [9.17, 15) is 4.79 Å². The number of ether oxygens (including phenoxy) is 1. The first-order chi connectivity index (χ1) is 15.7. The summed E-state index contributed by atoms with van der Waals surface area (Å²) >= 11 is 1.36. The van der Waals surface area contributed by atoms with Crippen LogP contribution in [0.25, 0.3) is 6.08 Å². The second kappa shape index (κ2) is 8.77. The van der Waals surface area contributed by atoms with Crippen LogP contribution in [0, 0.1) is 0 Å². The Morgan fingerprint density at radius 2 is 1.62 bits per heavy atom. The van der Waals surface area contributed by atoms with Gasteiger partial charge in [-0.2, -0.15) is 0 Å². The van der Waals surface area contributed by atoms with Gasteiger partial charge in [0.1, 0.15) is 11.8 Å². The topological polar surface area (TPSA) is 56.0 Å². The molecule has 4 aromatic rings. The molecule has 1 aliphatic rings. The van der Waals surface area contributed by atoms with Gasteiger partial charge < -0.3 is 4.74 Å². The molecule has 0 spiro atoms. The van der Waals surface area contributed by atoms with E-state index in [0.717, 1.165) is 28.2 Å². The second-order valence-electron chi connectivity index (χ2n) is 7.33. The number of thiazole rings is 1. The Morgan fingerprint density at radius 1 is 0.938 bits per heavy atom. The number of aromatic nitrogens is 1. The highest BCUT2D eigenvalue weighted by molar-refractivity contribution is 7.07. The molecule has 0 saturated heterocycles. The summed E-state index contributed by atoms with van der Waals surface area (Å²) in [6.45, 7) is 2.57. The molecule has 6 heteroatoms. The molecule has 3 aromatic carbocycles. The van der Waals surface area contributed by atoms with E-state index in [1.807, 2.05) is 97.9 Å². The summed E-state index contributed by atoms with van der Waals surface area (Å²) in [7, 11) is 0. The number of hydrogen-bond acceptors (Lipinski definition) is 5. The monoisotopic (exact) mass is 439 g/mol. The van der Waals surface area contributed by atoms with E-state index in [-0.39, 0.29) is 11.6 Å². The summed E-state index contributed by atoms with van der Waals surface area (Å²) < 4.78 is 7.89. The maximum Gasteiger partial charge on any atom is 0.271 e. The summed E-state index contributed by atoms with van der Waals surface area (Å²) in [5.74, 6) is 0.812. The Labute approximate surface area is 189 Å². The SMILES string of the molecule is CCOc1ccc(/C=c2/sc3n(c2=O)[C@@H](c2ccccc2)C(c2ccccc2)=NN=3)cc1. The van der Waals surface area contributed by atoms with Crippen LogP contribution in [0.3, 0.4) is 0 Å². The third kappa shape index (κ3) is 3.81. The number of nitrogens with zero attached hydrogens (tertiary/aromatic N) is 3. The molecule has 2 heterocycles. The highest BCUT2D eigenvalue weighted by atomic mass is 32.1. The van der Waals surface area contributed by atoms with Crippen LogP contribution in [0.2, 0.25) is 0 Å². The summed E-state index contributed by atoms with van der Waals surface area (Å²) in [6.07, 6.45) is 1.90. The van der Waals surface area contributed by atoms with Gasteiger partial charge in [-0.15, -0.1) is 10.2 Å². The number of rotatable bonds is 5. The third-order valence-electron chi connectivity index (χ3n) is 5.27. The molecule has 5 rings (SSSR count). The van der Waals surface area contributed by atoms with E-state index >= 15 is 0 Å². The van der Waals surface area contributed by atoms with Crippen molar-refractivity contribution in [1.82, 2.24) is 4.57 Å². The molecule has 1 aliphatic heterocycles. The van der Waals surface area contributed by atoms with Crippen molar-refractivity contribution < 1.29 is 4.74 Å². The maximum absolute atomic E-state index is 13.6. The molecule has 0 fully saturated rings. The molecule has 0 amide bonds. The summed E-state index contributed by atoms with van der Waals surface area (Å²) in [4.78, 5) is 14.1. The Hall–Kier alpha value is -3.77. The lowest BCUT2D eigenvalue weighted by Crippen LogP contribution is -2.40. The van der Waals surface area contributed by atoms with E-state index in [4.69, 9.17) is 4.74 Å². The molecule has 0 N–H and O–H groups in total. The molecule has 1 atom stereocenters. The normalized spacial score (nSPS) is 15.6. The van der Waals surface area contributed by atoms with E-state index in [1.54, 1.807) is 4.57 Å². The van der Waals surface area contributed by atoms with E-state index < -0.39 is 0 Å². The van der Waals surface area contributed by atoms with Crippen molar-refractivity contribution in [3.63, 3.8) is 0 Å². The first kappa shape index (κ1) is 20.2. The molecule has 5 nitrogen and oxygen atoms in total. The van der Waals surface area contributed by atoms with Crippen molar-refractivity contribution in [3.8, 4) is 5.75 Å². The Balaban J connectivity index is 1.64. The highest BCUT2D eigenvalue weighted by Crippen LogP contribution is 2.24. The average Bonchev–Trinajstić information content (AvgIpc) is 3.16. The fraction of sp³-hybridized carbons (Fsp3) is 0.115. The summed E-state index contributed by atoms with van der Waals surface area (Å²) in [6, 6.07) is 27.3. The Bertz CT molecular complexity index is 1440. The van der Waals surface area contributed by atoms with Gasteiger partial charge >= 0.3 is 0 Å². The van der Waals surface area contributed by atoms with Crippen LogP contribution >= 0.6 is 11.3 Å². The van der Waals surface area contributed by atoms with Crippen LogP contribution in [0.15, 0.2) is 99.9 Å². The van der Waals surface area contributed by atoms with E-state index in [0.29, 0.717) is 15.9 Å². The minimum absolute atomic E-state index is 0.0696.